The predicted molar refractivity (Wildman–Crippen MR) is 110 cm³/mol. The highest BCUT2D eigenvalue weighted by Gasteiger charge is 2.25. The van der Waals surface area contributed by atoms with Crippen LogP contribution in [-0.4, -0.2) is 47.5 Å². The van der Waals surface area contributed by atoms with Gasteiger partial charge in [0.2, 0.25) is 0 Å². The summed E-state index contributed by atoms with van der Waals surface area (Å²) in [5.41, 5.74) is 1.78. The number of piperidine rings is 1. The van der Waals surface area contributed by atoms with Crippen LogP contribution in [0, 0.1) is 0 Å². The van der Waals surface area contributed by atoms with Gasteiger partial charge in [0.1, 0.15) is 5.82 Å². The van der Waals surface area contributed by atoms with Crippen molar-refractivity contribution in [3.63, 3.8) is 0 Å². The van der Waals surface area contributed by atoms with E-state index >= 15 is 0 Å². The molecule has 0 spiro atoms. The molecule has 8 nitrogen and oxygen atoms in total. The molecule has 29 heavy (non-hydrogen) atoms. The smallest absolute Gasteiger partial charge is 0.298 e. The van der Waals surface area contributed by atoms with E-state index in [1.807, 2.05) is 42.2 Å². The quantitative estimate of drug-likeness (QED) is 0.579. The summed E-state index contributed by atoms with van der Waals surface area (Å²) in [4.78, 5) is 22.3. The van der Waals surface area contributed by atoms with Gasteiger partial charge in [-0.3, -0.25) is 19.5 Å². The van der Waals surface area contributed by atoms with Gasteiger partial charge in [0.15, 0.2) is 0 Å². The predicted octanol–water partition coefficient (Wildman–Crippen LogP) is 2.22. The van der Waals surface area contributed by atoms with Crippen LogP contribution in [0.4, 0.5) is 0 Å². The maximum Gasteiger partial charge on any atom is 0.348 e. The molecule has 8 heteroatoms. The molecule has 3 aromatic heterocycles. The minimum atomic E-state index is -0.200. The lowest BCUT2D eigenvalue weighted by atomic mass is 9.97. The first kappa shape index (κ1) is 17.8. The van der Waals surface area contributed by atoms with Gasteiger partial charge in [-0.15, -0.1) is 5.10 Å². The second-order valence-corrected chi connectivity index (χ2v) is 7.70. The minimum Gasteiger partial charge on any atom is -0.298 e. The Morgan fingerprint density at radius 3 is 3.03 bits per heavy atom. The first-order valence-electron chi connectivity index (χ1n) is 9.89. The number of nitrogens with zero attached hydrogens (tertiary/aromatic N) is 6. The Kier molecular flexibility index (Phi) is 4.48. The maximum absolute atomic E-state index is 12.7. The van der Waals surface area contributed by atoms with Crippen molar-refractivity contribution < 1.29 is 0 Å². The van der Waals surface area contributed by atoms with E-state index in [4.69, 9.17) is 0 Å². The van der Waals surface area contributed by atoms with Gasteiger partial charge in [0.25, 0.3) is 0 Å². The molecule has 0 radical (unpaired) electrons. The second-order valence-electron chi connectivity index (χ2n) is 7.70. The summed E-state index contributed by atoms with van der Waals surface area (Å²) in [5.74, 6) is 0.975. The van der Waals surface area contributed by atoms with Crippen LogP contribution in [-0.2, 0) is 13.6 Å². The van der Waals surface area contributed by atoms with Crippen molar-refractivity contribution in [2.75, 3.05) is 13.1 Å². The number of H-pyrrole nitrogens is 1. The van der Waals surface area contributed by atoms with E-state index in [2.05, 4.69) is 31.3 Å². The Labute approximate surface area is 167 Å². The molecule has 1 aliphatic rings. The van der Waals surface area contributed by atoms with E-state index in [-0.39, 0.29) is 11.6 Å². The van der Waals surface area contributed by atoms with Crippen LogP contribution in [0.3, 0.4) is 0 Å². The number of pyridine rings is 1. The molecule has 4 aromatic rings. The van der Waals surface area contributed by atoms with Gasteiger partial charge >= 0.3 is 5.69 Å². The monoisotopic (exact) mass is 389 g/mol. The molecule has 148 valence electrons. The minimum absolute atomic E-state index is 0.200. The zero-order chi connectivity index (χ0) is 19.8. The number of hydrogen-bond acceptors (Lipinski definition) is 5. The molecule has 1 N–H and O–H groups in total. The number of nitrogens with one attached hydrogen (secondary N) is 1. The van der Waals surface area contributed by atoms with Crippen molar-refractivity contribution in [1.82, 2.24) is 34.4 Å². The zero-order valence-corrected chi connectivity index (χ0v) is 16.3. The van der Waals surface area contributed by atoms with Crippen LogP contribution < -0.4 is 5.69 Å². The highest BCUT2D eigenvalue weighted by atomic mass is 16.1. The number of aromatic amines is 1. The molecule has 5 rings (SSSR count). The Morgan fingerprint density at radius 2 is 2.17 bits per heavy atom. The Bertz CT molecular complexity index is 1200. The molecule has 0 bridgehead atoms. The summed E-state index contributed by atoms with van der Waals surface area (Å²) < 4.78 is 3.31. The maximum atomic E-state index is 12.7. The molecule has 1 aromatic carbocycles. The van der Waals surface area contributed by atoms with Gasteiger partial charge in [-0.25, -0.2) is 4.79 Å². The molecule has 0 amide bonds. The van der Waals surface area contributed by atoms with Gasteiger partial charge in [-0.1, -0.05) is 12.1 Å². The number of likely N-dealkylation sites (tertiary alicyclic amines) is 1. The molecule has 4 heterocycles. The number of rotatable bonds is 4. The SMILES string of the molecule is Cn1cc(CN2CCCC(c3nn(-c4cccc5cnccc45)c(=O)[nH]3)C2)cn1. The van der Waals surface area contributed by atoms with Crippen LogP contribution in [0.25, 0.3) is 16.5 Å². The molecule has 1 fully saturated rings. The lowest BCUT2D eigenvalue weighted by Gasteiger charge is -2.31. The average Bonchev–Trinajstić information content (AvgIpc) is 3.33. The Hall–Kier alpha value is -3.26. The summed E-state index contributed by atoms with van der Waals surface area (Å²) in [7, 11) is 1.93. The lowest BCUT2D eigenvalue weighted by Crippen LogP contribution is -2.34. The third kappa shape index (κ3) is 3.47. The van der Waals surface area contributed by atoms with Crippen LogP contribution in [0.1, 0.15) is 30.1 Å². The van der Waals surface area contributed by atoms with Gasteiger partial charge in [0, 0.05) is 61.0 Å². The van der Waals surface area contributed by atoms with Gasteiger partial charge in [0.05, 0.1) is 11.9 Å². The fraction of sp³-hybridized carbons (Fsp3) is 0.333. The summed E-state index contributed by atoms with van der Waals surface area (Å²) in [5, 5.41) is 10.9. The summed E-state index contributed by atoms with van der Waals surface area (Å²) in [6.45, 7) is 2.79. The highest BCUT2D eigenvalue weighted by Crippen LogP contribution is 2.26. The summed E-state index contributed by atoms with van der Waals surface area (Å²) in [6, 6.07) is 7.75. The van der Waals surface area contributed by atoms with Crippen LogP contribution in [0.2, 0.25) is 0 Å². The number of aryl methyl sites for hydroxylation is 1. The third-order valence-corrected chi connectivity index (χ3v) is 5.58. The molecule has 1 atom stereocenters. The van der Waals surface area contributed by atoms with Crippen molar-refractivity contribution in [3.8, 4) is 5.69 Å². The first-order valence-corrected chi connectivity index (χ1v) is 9.89. The largest absolute Gasteiger partial charge is 0.348 e. The van der Waals surface area contributed by atoms with Crippen LogP contribution in [0.5, 0.6) is 0 Å². The molecular weight excluding hydrogens is 366 g/mol. The number of hydrogen-bond donors (Lipinski definition) is 1. The van der Waals surface area contributed by atoms with Crippen molar-refractivity contribution in [1.29, 1.82) is 0 Å². The van der Waals surface area contributed by atoms with E-state index < -0.39 is 0 Å². The fourth-order valence-corrected chi connectivity index (χ4v) is 4.21. The molecule has 1 unspecified atom stereocenters. The van der Waals surface area contributed by atoms with E-state index in [1.54, 1.807) is 12.4 Å². The third-order valence-electron chi connectivity index (χ3n) is 5.58. The van der Waals surface area contributed by atoms with E-state index in [0.29, 0.717) is 0 Å². The molecular formula is C21H23N7O. The van der Waals surface area contributed by atoms with Gasteiger partial charge in [-0.2, -0.15) is 9.78 Å². The van der Waals surface area contributed by atoms with Crippen LogP contribution in [0.15, 0.2) is 53.8 Å². The lowest BCUT2D eigenvalue weighted by molar-refractivity contribution is 0.196. The van der Waals surface area contributed by atoms with E-state index in [0.717, 1.165) is 54.8 Å². The highest BCUT2D eigenvalue weighted by molar-refractivity contribution is 5.89. The van der Waals surface area contributed by atoms with Crippen molar-refractivity contribution >= 4 is 10.8 Å². The molecule has 1 saturated heterocycles. The standard InChI is InChI=1S/C21H23N7O/c1-26-12-15(10-23-26)13-27-9-3-5-17(14-27)20-24-21(29)28(25-20)19-6-2-4-16-11-22-8-7-18(16)19/h2,4,6-8,10-12,17H,3,5,9,13-14H2,1H3,(H,24,25,29). The topological polar surface area (TPSA) is 84.6 Å². The summed E-state index contributed by atoms with van der Waals surface area (Å²) in [6.07, 6.45) is 9.61. The molecule has 0 saturated carbocycles. The van der Waals surface area contributed by atoms with E-state index in [1.165, 1.54) is 10.2 Å². The Balaban J connectivity index is 1.42. The first-order chi connectivity index (χ1) is 14.2. The number of aromatic nitrogens is 6. The Morgan fingerprint density at radius 1 is 1.24 bits per heavy atom. The normalized spacial score (nSPS) is 17.8. The number of benzene rings is 1. The molecule has 1 aliphatic heterocycles. The second kappa shape index (κ2) is 7.29. The van der Waals surface area contributed by atoms with Crippen LogP contribution >= 0.6 is 0 Å². The summed E-state index contributed by atoms with van der Waals surface area (Å²) >= 11 is 0. The number of fused-ring (bicyclic) bond motifs is 1. The van der Waals surface area contributed by atoms with Gasteiger partial charge in [-0.05, 0) is 31.5 Å². The molecule has 0 aliphatic carbocycles. The zero-order valence-electron chi connectivity index (χ0n) is 16.3. The fourth-order valence-electron chi connectivity index (χ4n) is 4.21. The van der Waals surface area contributed by atoms with Crippen molar-refractivity contribution in [2.45, 2.75) is 25.3 Å². The van der Waals surface area contributed by atoms with Crippen molar-refractivity contribution in [2.24, 2.45) is 7.05 Å². The van der Waals surface area contributed by atoms with Crippen molar-refractivity contribution in [3.05, 3.63) is 70.9 Å². The van der Waals surface area contributed by atoms with Gasteiger partial charge < -0.3 is 0 Å². The van der Waals surface area contributed by atoms with E-state index in [9.17, 15) is 4.79 Å². The average molecular weight is 389 g/mol.